The van der Waals surface area contributed by atoms with E-state index in [1.54, 1.807) is 18.2 Å². The van der Waals surface area contributed by atoms with Gasteiger partial charge in [0.1, 0.15) is 0 Å². The minimum Gasteiger partial charge on any atom is -0.404 e. The molecule has 3 N–H and O–H groups in total. The summed E-state index contributed by atoms with van der Waals surface area (Å²) < 4.78 is 37.4. The van der Waals surface area contributed by atoms with E-state index in [9.17, 15) is 13.2 Å². The highest BCUT2D eigenvalue weighted by atomic mass is 19.4. The second-order valence-corrected chi connectivity index (χ2v) is 4.28. The maximum atomic E-state index is 12.5. The first-order valence-corrected chi connectivity index (χ1v) is 5.86. The van der Waals surface area contributed by atoms with Crippen molar-refractivity contribution < 1.29 is 18.3 Å². The molecule has 0 unspecified atom stereocenters. The molecule has 0 aliphatic carbocycles. The van der Waals surface area contributed by atoms with Gasteiger partial charge in [-0.05, 0) is 35.3 Å². The van der Waals surface area contributed by atoms with Crippen molar-refractivity contribution in [3.8, 4) is 0 Å². The Balaban J connectivity index is 2.94. The molecule has 5 heteroatoms. The molecule has 0 heterocycles. The average Bonchev–Trinajstić information content (AvgIpc) is 2.37. The lowest BCUT2D eigenvalue weighted by atomic mass is 10.0. The van der Waals surface area contributed by atoms with Crippen LogP contribution in [0.5, 0.6) is 0 Å². The second-order valence-electron chi connectivity index (χ2n) is 4.28. The average molecular weight is 283 g/mol. The van der Waals surface area contributed by atoms with Crippen LogP contribution in [0, 0.1) is 6.92 Å². The van der Waals surface area contributed by atoms with Crippen molar-refractivity contribution >= 4 is 5.57 Å². The number of benzene rings is 1. The summed E-state index contributed by atoms with van der Waals surface area (Å²) in [5, 5.41) is 9.06. The molecule has 1 rings (SSSR count). The minimum absolute atomic E-state index is 0.0808. The Morgan fingerprint density at radius 1 is 1.35 bits per heavy atom. The number of hydrogen-bond acceptors (Lipinski definition) is 2. The van der Waals surface area contributed by atoms with Gasteiger partial charge in [0, 0.05) is 6.20 Å². The monoisotopic (exact) mass is 283 g/mol. The molecule has 0 spiro atoms. The van der Waals surface area contributed by atoms with Gasteiger partial charge in [-0.1, -0.05) is 30.9 Å². The van der Waals surface area contributed by atoms with Gasteiger partial charge in [0.25, 0.3) is 0 Å². The maximum absolute atomic E-state index is 12.5. The zero-order valence-electron chi connectivity index (χ0n) is 11.0. The van der Waals surface area contributed by atoms with Crippen molar-refractivity contribution in [1.29, 1.82) is 0 Å². The summed E-state index contributed by atoms with van der Waals surface area (Å²) in [6, 6.07) is 5.18. The number of alkyl halides is 3. The van der Waals surface area contributed by atoms with E-state index in [1.165, 1.54) is 6.08 Å². The highest BCUT2D eigenvalue weighted by molar-refractivity contribution is 5.73. The molecule has 0 aliphatic heterocycles. The lowest BCUT2D eigenvalue weighted by molar-refractivity contribution is -0.0883. The smallest absolute Gasteiger partial charge is 0.404 e. The summed E-state index contributed by atoms with van der Waals surface area (Å²) in [6.07, 6.45) is -1.82. The van der Waals surface area contributed by atoms with Crippen molar-refractivity contribution in [2.24, 2.45) is 5.73 Å². The molecule has 1 aromatic carbocycles. The summed E-state index contributed by atoms with van der Waals surface area (Å²) in [5.41, 5.74) is 6.77. The SMILES string of the molecule is C=C(/C=C\C(=C/N)C(F)(F)F)c1ccc(CO)c(C)c1. The molecule has 0 saturated carbocycles. The first-order valence-electron chi connectivity index (χ1n) is 5.86. The summed E-state index contributed by atoms with van der Waals surface area (Å²) in [4.78, 5) is 0. The molecule has 0 atom stereocenters. The molecule has 20 heavy (non-hydrogen) atoms. The van der Waals surface area contributed by atoms with E-state index in [0.29, 0.717) is 17.3 Å². The van der Waals surface area contributed by atoms with Crippen LogP contribution in [0.4, 0.5) is 13.2 Å². The fourth-order valence-corrected chi connectivity index (χ4v) is 1.60. The van der Waals surface area contributed by atoms with Gasteiger partial charge in [-0.15, -0.1) is 0 Å². The molecule has 2 nitrogen and oxygen atoms in total. The van der Waals surface area contributed by atoms with Crippen LogP contribution in [0.1, 0.15) is 16.7 Å². The molecule has 0 aromatic heterocycles. The molecule has 108 valence electrons. The lowest BCUT2D eigenvalue weighted by Crippen LogP contribution is -2.11. The van der Waals surface area contributed by atoms with E-state index in [1.807, 2.05) is 6.92 Å². The molecule has 0 radical (unpaired) electrons. The predicted molar refractivity (Wildman–Crippen MR) is 73.6 cm³/mol. The molecule has 0 fully saturated rings. The van der Waals surface area contributed by atoms with Gasteiger partial charge in [0.05, 0.1) is 12.2 Å². The fourth-order valence-electron chi connectivity index (χ4n) is 1.60. The molecular weight excluding hydrogens is 267 g/mol. The second kappa shape index (κ2) is 6.43. The molecule has 1 aromatic rings. The standard InChI is InChI=1S/C15H16F3NO/c1-10(3-6-14(8-19)15(16,17)18)12-4-5-13(9-20)11(2)7-12/h3-8,20H,1,9,19H2,2H3/b6-3-,14-8+. The van der Waals surface area contributed by atoms with E-state index < -0.39 is 11.7 Å². The van der Waals surface area contributed by atoms with Crippen LogP contribution in [0.2, 0.25) is 0 Å². The normalized spacial score (nSPS) is 12.9. The highest BCUT2D eigenvalue weighted by Gasteiger charge is 2.31. The third kappa shape index (κ3) is 3.99. The number of rotatable bonds is 4. The number of halogens is 3. The first kappa shape index (κ1) is 16.0. The van der Waals surface area contributed by atoms with Crippen molar-refractivity contribution in [1.82, 2.24) is 0 Å². The summed E-state index contributed by atoms with van der Waals surface area (Å²) in [7, 11) is 0. The molecular formula is C15H16F3NO. The van der Waals surface area contributed by atoms with Gasteiger partial charge in [0.15, 0.2) is 0 Å². The van der Waals surface area contributed by atoms with E-state index in [4.69, 9.17) is 10.8 Å². The van der Waals surface area contributed by atoms with Gasteiger partial charge in [-0.2, -0.15) is 13.2 Å². The summed E-state index contributed by atoms with van der Waals surface area (Å²) in [6.45, 7) is 5.46. The number of aryl methyl sites for hydroxylation is 1. The van der Waals surface area contributed by atoms with Crippen LogP contribution in [0.15, 0.2) is 48.7 Å². The van der Waals surface area contributed by atoms with Crippen LogP contribution in [0.3, 0.4) is 0 Å². The Labute approximate surface area is 115 Å². The Bertz CT molecular complexity index is 557. The zero-order valence-corrected chi connectivity index (χ0v) is 11.0. The zero-order chi connectivity index (χ0) is 15.3. The third-order valence-electron chi connectivity index (χ3n) is 2.85. The van der Waals surface area contributed by atoms with E-state index in [0.717, 1.165) is 17.2 Å². The Kier molecular flexibility index (Phi) is 5.16. The van der Waals surface area contributed by atoms with Gasteiger partial charge in [-0.25, -0.2) is 0 Å². The number of allylic oxidation sites excluding steroid dienone is 4. The molecule has 0 bridgehead atoms. The van der Waals surface area contributed by atoms with Crippen LogP contribution in [0.25, 0.3) is 5.57 Å². The highest BCUT2D eigenvalue weighted by Crippen LogP contribution is 2.27. The first-order chi connectivity index (χ1) is 9.29. The fraction of sp³-hybridized carbons (Fsp3) is 0.200. The van der Waals surface area contributed by atoms with Gasteiger partial charge in [0.2, 0.25) is 0 Å². The van der Waals surface area contributed by atoms with Crippen molar-refractivity contribution in [3.05, 3.63) is 65.4 Å². The third-order valence-corrected chi connectivity index (χ3v) is 2.85. The maximum Gasteiger partial charge on any atom is 0.417 e. The van der Waals surface area contributed by atoms with Gasteiger partial charge >= 0.3 is 6.18 Å². The topological polar surface area (TPSA) is 46.2 Å². The van der Waals surface area contributed by atoms with Gasteiger partial charge in [-0.3, -0.25) is 0 Å². The van der Waals surface area contributed by atoms with Crippen LogP contribution in [-0.4, -0.2) is 11.3 Å². The van der Waals surface area contributed by atoms with Crippen LogP contribution >= 0.6 is 0 Å². The predicted octanol–water partition coefficient (Wildman–Crippen LogP) is 3.46. The Morgan fingerprint density at radius 2 is 2.00 bits per heavy atom. The molecule has 0 amide bonds. The summed E-state index contributed by atoms with van der Waals surface area (Å²) >= 11 is 0. The van der Waals surface area contributed by atoms with Gasteiger partial charge < -0.3 is 10.8 Å². The van der Waals surface area contributed by atoms with E-state index in [2.05, 4.69) is 6.58 Å². The van der Waals surface area contributed by atoms with Crippen molar-refractivity contribution in [2.75, 3.05) is 0 Å². The lowest BCUT2D eigenvalue weighted by Gasteiger charge is -2.08. The number of hydrogen-bond donors (Lipinski definition) is 2. The number of aliphatic hydroxyl groups excluding tert-OH is 1. The van der Waals surface area contributed by atoms with Crippen molar-refractivity contribution in [3.63, 3.8) is 0 Å². The van der Waals surface area contributed by atoms with E-state index in [-0.39, 0.29) is 6.61 Å². The van der Waals surface area contributed by atoms with Crippen LogP contribution < -0.4 is 5.73 Å². The van der Waals surface area contributed by atoms with Crippen molar-refractivity contribution in [2.45, 2.75) is 19.7 Å². The quantitative estimate of drug-likeness (QED) is 0.831. The molecule has 0 saturated heterocycles. The molecule has 0 aliphatic rings. The number of aliphatic hydroxyl groups is 1. The minimum atomic E-state index is -4.48. The summed E-state index contributed by atoms with van der Waals surface area (Å²) in [5.74, 6) is 0. The van der Waals surface area contributed by atoms with Crippen LogP contribution in [-0.2, 0) is 6.61 Å². The van der Waals surface area contributed by atoms with E-state index >= 15 is 0 Å². The number of nitrogens with two attached hydrogens (primary N) is 1. The Morgan fingerprint density at radius 3 is 2.45 bits per heavy atom. The largest absolute Gasteiger partial charge is 0.417 e. The Hall–Kier alpha value is -2.01.